The molecule has 0 aliphatic carbocycles. The van der Waals surface area contributed by atoms with Crippen LogP contribution >= 0.6 is 0 Å². The van der Waals surface area contributed by atoms with Crippen LogP contribution in [0.15, 0.2) is 6.07 Å². The van der Waals surface area contributed by atoms with E-state index in [0.29, 0.717) is 11.6 Å². The second kappa shape index (κ2) is 7.99. The maximum Gasteiger partial charge on any atom is 0.272 e. The second-order valence-corrected chi connectivity index (χ2v) is 6.00. The molecular weight excluding hydrogens is 296 g/mol. The minimum Gasteiger partial charge on any atom is -0.468 e. The molecule has 7 nitrogen and oxygen atoms in total. The molecule has 1 aliphatic rings. The summed E-state index contributed by atoms with van der Waals surface area (Å²) in [7, 11) is 1.70. The van der Waals surface area contributed by atoms with Crippen LogP contribution in [0.4, 0.5) is 0 Å². The molecule has 0 saturated carbocycles. The fraction of sp³-hybridized carbons (Fsp3) is 0.688. The molecule has 7 heteroatoms. The average molecular weight is 322 g/mol. The maximum atomic E-state index is 12.1. The van der Waals surface area contributed by atoms with Gasteiger partial charge in [0.2, 0.25) is 5.88 Å². The van der Waals surface area contributed by atoms with E-state index in [1.807, 2.05) is 18.7 Å². The Balaban J connectivity index is 1.90. The lowest BCUT2D eigenvalue weighted by molar-refractivity contribution is -0.134. The van der Waals surface area contributed by atoms with E-state index in [-0.39, 0.29) is 24.5 Å². The average Bonchev–Trinajstić information content (AvgIpc) is 2.94. The number of hydrogen-bond donors (Lipinski definition) is 1. The summed E-state index contributed by atoms with van der Waals surface area (Å²) in [5.74, 6) is 0.174. The van der Waals surface area contributed by atoms with E-state index >= 15 is 0 Å². The highest BCUT2D eigenvalue weighted by atomic mass is 16.5. The Hall–Kier alpha value is -2.05. The zero-order valence-corrected chi connectivity index (χ0v) is 14.2. The standard InChI is InChI=1S/C16H26N4O3/c1-4-12(2)17-16(22)13-10-15(19(3)18-13)23-11-14(21)20-8-6-5-7-9-20/h10,12H,4-9,11H2,1-3H3,(H,17,22)/t12-/m1/s1. The summed E-state index contributed by atoms with van der Waals surface area (Å²) < 4.78 is 7.02. The largest absolute Gasteiger partial charge is 0.468 e. The van der Waals surface area contributed by atoms with Crippen molar-refractivity contribution in [2.75, 3.05) is 19.7 Å². The molecule has 1 saturated heterocycles. The van der Waals surface area contributed by atoms with E-state index < -0.39 is 0 Å². The van der Waals surface area contributed by atoms with Gasteiger partial charge in [-0.15, -0.1) is 0 Å². The van der Waals surface area contributed by atoms with Crippen molar-refractivity contribution in [1.82, 2.24) is 20.0 Å². The third kappa shape index (κ3) is 4.71. The highest BCUT2D eigenvalue weighted by molar-refractivity contribution is 5.92. The molecule has 1 aromatic heterocycles. The number of piperidine rings is 1. The van der Waals surface area contributed by atoms with Crippen molar-refractivity contribution in [2.45, 2.75) is 45.6 Å². The minimum atomic E-state index is -0.229. The lowest BCUT2D eigenvalue weighted by atomic mass is 10.1. The van der Waals surface area contributed by atoms with E-state index in [0.717, 1.165) is 32.4 Å². The molecule has 1 N–H and O–H groups in total. The van der Waals surface area contributed by atoms with Gasteiger partial charge < -0.3 is 15.0 Å². The molecule has 0 bridgehead atoms. The van der Waals surface area contributed by atoms with Crippen LogP contribution < -0.4 is 10.1 Å². The Morgan fingerprint density at radius 1 is 1.35 bits per heavy atom. The molecule has 0 aromatic carbocycles. The van der Waals surface area contributed by atoms with Crippen molar-refractivity contribution in [1.29, 1.82) is 0 Å². The predicted octanol–water partition coefficient (Wildman–Crippen LogP) is 1.34. The van der Waals surface area contributed by atoms with Crippen LogP contribution in [0.1, 0.15) is 50.0 Å². The lowest BCUT2D eigenvalue weighted by Gasteiger charge is -2.26. The van der Waals surface area contributed by atoms with Gasteiger partial charge in [-0.2, -0.15) is 5.10 Å². The molecule has 1 fully saturated rings. The predicted molar refractivity (Wildman–Crippen MR) is 86.4 cm³/mol. The van der Waals surface area contributed by atoms with Gasteiger partial charge in [0, 0.05) is 32.2 Å². The van der Waals surface area contributed by atoms with Gasteiger partial charge in [-0.05, 0) is 32.6 Å². The van der Waals surface area contributed by atoms with Gasteiger partial charge in [-0.1, -0.05) is 6.92 Å². The first-order valence-electron chi connectivity index (χ1n) is 8.26. The summed E-state index contributed by atoms with van der Waals surface area (Å²) in [6, 6.07) is 1.66. The number of nitrogens with one attached hydrogen (secondary N) is 1. The fourth-order valence-electron chi connectivity index (χ4n) is 2.47. The van der Waals surface area contributed by atoms with Crippen molar-refractivity contribution in [3.63, 3.8) is 0 Å². The fourth-order valence-corrected chi connectivity index (χ4v) is 2.47. The quantitative estimate of drug-likeness (QED) is 0.857. The third-order valence-corrected chi connectivity index (χ3v) is 4.11. The molecule has 1 aromatic rings. The number of hydrogen-bond acceptors (Lipinski definition) is 4. The zero-order chi connectivity index (χ0) is 16.8. The molecule has 1 aliphatic heterocycles. The van der Waals surface area contributed by atoms with Crippen LogP contribution in [0.5, 0.6) is 5.88 Å². The topological polar surface area (TPSA) is 76.5 Å². The van der Waals surface area contributed by atoms with E-state index in [9.17, 15) is 9.59 Å². The Morgan fingerprint density at radius 2 is 2.04 bits per heavy atom. The third-order valence-electron chi connectivity index (χ3n) is 4.11. The summed E-state index contributed by atoms with van der Waals surface area (Å²) in [5, 5.41) is 7.00. The molecule has 2 rings (SSSR count). The number of carbonyl (C=O) groups excluding carboxylic acids is 2. The number of ether oxygens (including phenoxy) is 1. The summed E-state index contributed by atoms with van der Waals surface area (Å²) in [4.78, 5) is 26.0. The molecule has 0 unspecified atom stereocenters. The normalized spacial score (nSPS) is 16.0. The monoisotopic (exact) mass is 322 g/mol. The number of carbonyl (C=O) groups is 2. The van der Waals surface area contributed by atoms with Crippen LogP contribution in [0.25, 0.3) is 0 Å². The summed E-state index contributed by atoms with van der Waals surface area (Å²) >= 11 is 0. The van der Waals surface area contributed by atoms with Crippen LogP contribution in [-0.4, -0.2) is 52.2 Å². The van der Waals surface area contributed by atoms with Crippen molar-refractivity contribution in [2.24, 2.45) is 7.05 Å². The highest BCUT2D eigenvalue weighted by Gasteiger charge is 2.19. The van der Waals surface area contributed by atoms with Gasteiger partial charge in [0.15, 0.2) is 12.3 Å². The van der Waals surface area contributed by atoms with E-state index in [1.54, 1.807) is 13.1 Å². The first-order valence-corrected chi connectivity index (χ1v) is 8.26. The molecule has 23 heavy (non-hydrogen) atoms. The van der Waals surface area contributed by atoms with E-state index in [1.165, 1.54) is 11.1 Å². The smallest absolute Gasteiger partial charge is 0.272 e. The molecule has 1 atom stereocenters. The Morgan fingerprint density at radius 3 is 2.70 bits per heavy atom. The molecule has 128 valence electrons. The Kier molecular flexibility index (Phi) is 6.01. The number of likely N-dealkylation sites (tertiary alicyclic amines) is 1. The van der Waals surface area contributed by atoms with Crippen LogP contribution in [0.3, 0.4) is 0 Å². The molecule has 0 spiro atoms. The summed E-state index contributed by atoms with van der Waals surface area (Å²) in [6.07, 6.45) is 4.14. The summed E-state index contributed by atoms with van der Waals surface area (Å²) in [6.45, 7) is 5.53. The van der Waals surface area contributed by atoms with Gasteiger partial charge in [-0.25, -0.2) is 4.68 Å². The van der Waals surface area contributed by atoms with Crippen molar-refractivity contribution in [3.8, 4) is 5.88 Å². The first kappa shape index (κ1) is 17.3. The second-order valence-electron chi connectivity index (χ2n) is 6.00. The molecule has 2 heterocycles. The first-order chi connectivity index (χ1) is 11.0. The Bertz CT molecular complexity index is 550. The Labute approximate surface area is 137 Å². The van der Waals surface area contributed by atoms with E-state index in [2.05, 4.69) is 10.4 Å². The van der Waals surface area contributed by atoms with E-state index in [4.69, 9.17) is 4.74 Å². The van der Waals surface area contributed by atoms with Gasteiger partial charge in [0.05, 0.1) is 0 Å². The maximum absolute atomic E-state index is 12.1. The zero-order valence-electron chi connectivity index (χ0n) is 14.2. The molecule has 2 amide bonds. The number of amides is 2. The van der Waals surface area contributed by atoms with Gasteiger partial charge >= 0.3 is 0 Å². The SMILES string of the molecule is CC[C@@H](C)NC(=O)c1cc(OCC(=O)N2CCCCC2)n(C)n1. The molecule has 0 radical (unpaired) electrons. The van der Waals surface area contributed by atoms with Crippen molar-refractivity contribution >= 4 is 11.8 Å². The number of aromatic nitrogens is 2. The number of aryl methyl sites for hydroxylation is 1. The lowest BCUT2D eigenvalue weighted by Crippen LogP contribution is -2.38. The van der Waals surface area contributed by atoms with Gasteiger partial charge in [-0.3, -0.25) is 9.59 Å². The van der Waals surface area contributed by atoms with Crippen LogP contribution in [0.2, 0.25) is 0 Å². The number of rotatable bonds is 6. The van der Waals surface area contributed by atoms with Crippen molar-refractivity contribution in [3.05, 3.63) is 11.8 Å². The van der Waals surface area contributed by atoms with Crippen LogP contribution in [0, 0.1) is 0 Å². The van der Waals surface area contributed by atoms with Crippen LogP contribution in [-0.2, 0) is 11.8 Å². The summed E-state index contributed by atoms with van der Waals surface area (Å²) in [5.41, 5.74) is 0.299. The van der Waals surface area contributed by atoms with Gasteiger partial charge in [0.1, 0.15) is 0 Å². The molecular formula is C16H26N4O3. The highest BCUT2D eigenvalue weighted by Crippen LogP contribution is 2.14. The van der Waals surface area contributed by atoms with Crippen molar-refractivity contribution < 1.29 is 14.3 Å². The minimum absolute atomic E-state index is 0.0171. The number of nitrogens with zero attached hydrogens (tertiary/aromatic N) is 3. The van der Waals surface area contributed by atoms with Gasteiger partial charge in [0.25, 0.3) is 11.8 Å².